The molecule has 0 aliphatic heterocycles. The van der Waals surface area contributed by atoms with E-state index in [1.54, 1.807) is 48.9 Å². The highest BCUT2D eigenvalue weighted by molar-refractivity contribution is 7.13. The number of hydrogen-bond acceptors (Lipinski definition) is 5. The summed E-state index contributed by atoms with van der Waals surface area (Å²) in [5.41, 5.74) is 2.42. The van der Waals surface area contributed by atoms with Gasteiger partial charge >= 0.3 is 0 Å². The number of aromatic nitrogens is 3. The molecular formula is C21H19ClN4O2S. The lowest BCUT2D eigenvalue weighted by Crippen LogP contribution is -2.13. The second-order valence-corrected chi connectivity index (χ2v) is 8.11. The summed E-state index contributed by atoms with van der Waals surface area (Å²) in [5.74, 6) is 0.350. The van der Waals surface area contributed by atoms with Crippen LogP contribution in [0, 0.1) is 0 Å². The van der Waals surface area contributed by atoms with E-state index in [2.05, 4.69) is 10.4 Å². The lowest BCUT2D eigenvalue weighted by atomic mass is 10.1. The molecule has 0 saturated heterocycles. The van der Waals surface area contributed by atoms with E-state index in [1.807, 2.05) is 36.0 Å². The second kappa shape index (κ2) is 7.85. The van der Waals surface area contributed by atoms with Crippen molar-refractivity contribution >= 4 is 45.6 Å². The number of ether oxygens (including phenoxy) is 1. The molecule has 0 bridgehead atoms. The number of amides is 1. The molecule has 8 heteroatoms. The Bertz CT molecular complexity index is 1190. The average Bonchev–Trinajstić information content (AvgIpc) is 3.38. The number of pyridine rings is 1. The summed E-state index contributed by atoms with van der Waals surface area (Å²) in [7, 11) is 1.57. The van der Waals surface area contributed by atoms with Crippen molar-refractivity contribution in [3.63, 3.8) is 0 Å². The van der Waals surface area contributed by atoms with Gasteiger partial charge in [-0.2, -0.15) is 5.10 Å². The third-order valence-electron chi connectivity index (χ3n) is 4.50. The summed E-state index contributed by atoms with van der Waals surface area (Å²) in [6.45, 7) is 4.06. The summed E-state index contributed by atoms with van der Waals surface area (Å²) < 4.78 is 6.99. The smallest absolute Gasteiger partial charge is 0.256 e. The number of carbonyl (C=O) groups is 1. The van der Waals surface area contributed by atoms with Crippen LogP contribution in [0.5, 0.6) is 5.75 Å². The van der Waals surface area contributed by atoms with Crippen molar-refractivity contribution in [1.82, 2.24) is 14.8 Å². The summed E-state index contributed by atoms with van der Waals surface area (Å²) in [5, 5.41) is 10.4. The van der Waals surface area contributed by atoms with Crippen LogP contribution in [0.4, 0.5) is 5.69 Å². The summed E-state index contributed by atoms with van der Waals surface area (Å²) in [4.78, 5) is 18.9. The van der Waals surface area contributed by atoms with E-state index in [1.165, 1.54) is 0 Å². The number of hydrogen-bond donors (Lipinski definition) is 1. The highest BCUT2D eigenvalue weighted by Crippen LogP contribution is 2.31. The molecule has 0 unspecified atom stereocenters. The standard InChI is InChI=1S/C21H19ClN4O2S/c1-12(2)26-20-15(11-23-26)14(10-18(24-20)19-5-4-8-29-19)21(27)25-17-7-6-13(28-3)9-16(17)22/h4-12H,1-3H3,(H,25,27). The molecule has 0 saturated carbocycles. The van der Waals surface area contributed by atoms with Gasteiger partial charge in [-0.25, -0.2) is 9.67 Å². The van der Waals surface area contributed by atoms with Gasteiger partial charge in [0.15, 0.2) is 5.65 Å². The Morgan fingerprint density at radius 2 is 2.10 bits per heavy atom. The lowest BCUT2D eigenvalue weighted by molar-refractivity contribution is 0.102. The van der Waals surface area contributed by atoms with Crippen molar-refractivity contribution in [3.05, 3.63) is 58.6 Å². The van der Waals surface area contributed by atoms with Crippen molar-refractivity contribution in [2.75, 3.05) is 12.4 Å². The van der Waals surface area contributed by atoms with Crippen molar-refractivity contribution in [1.29, 1.82) is 0 Å². The van der Waals surface area contributed by atoms with Crippen LogP contribution in [0.15, 0.2) is 48.0 Å². The fraction of sp³-hybridized carbons (Fsp3) is 0.190. The fourth-order valence-corrected chi connectivity index (χ4v) is 3.95. The number of halogens is 1. The van der Waals surface area contributed by atoms with Gasteiger partial charge < -0.3 is 10.1 Å². The van der Waals surface area contributed by atoms with E-state index in [0.29, 0.717) is 33.1 Å². The predicted molar refractivity (Wildman–Crippen MR) is 117 cm³/mol. The molecule has 1 amide bonds. The maximum Gasteiger partial charge on any atom is 0.256 e. The molecule has 0 aliphatic rings. The van der Waals surface area contributed by atoms with Gasteiger partial charge in [-0.05, 0) is 43.5 Å². The number of benzene rings is 1. The number of nitrogens with zero attached hydrogens (tertiary/aromatic N) is 3. The minimum atomic E-state index is -0.273. The molecule has 3 aromatic heterocycles. The number of thiophene rings is 1. The Balaban J connectivity index is 1.80. The molecule has 1 aromatic carbocycles. The van der Waals surface area contributed by atoms with Gasteiger partial charge in [-0.1, -0.05) is 17.7 Å². The van der Waals surface area contributed by atoms with E-state index < -0.39 is 0 Å². The number of rotatable bonds is 5. The van der Waals surface area contributed by atoms with E-state index in [-0.39, 0.29) is 11.9 Å². The van der Waals surface area contributed by atoms with Crippen LogP contribution in [-0.4, -0.2) is 27.8 Å². The van der Waals surface area contributed by atoms with Crippen molar-refractivity contribution < 1.29 is 9.53 Å². The lowest BCUT2D eigenvalue weighted by Gasteiger charge is -2.11. The zero-order valence-corrected chi connectivity index (χ0v) is 17.7. The Labute approximate surface area is 177 Å². The number of nitrogens with one attached hydrogen (secondary N) is 1. The first-order valence-corrected chi connectivity index (χ1v) is 10.3. The van der Waals surface area contributed by atoms with Crippen LogP contribution in [0.3, 0.4) is 0 Å². The quantitative estimate of drug-likeness (QED) is 0.447. The molecule has 0 fully saturated rings. The number of carbonyl (C=O) groups excluding carboxylic acids is 1. The number of methoxy groups -OCH3 is 1. The summed E-state index contributed by atoms with van der Waals surface area (Å²) >= 11 is 7.87. The molecule has 1 N–H and O–H groups in total. The van der Waals surface area contributed by atoms with Crippen molar-refractivity contribution in [2.45, 2.75) is 19.9 Å². The predicted octanol–water partition coefficient (Wildman–Crippen LogP) is 5.66. The van der Waals surface area contributed by atoms with Crippen LogP contribution in [0.25, 0.3) is 21.6 Å². The third kappa shape index (κ3) is 3.71. The molecule has 4 rings (SSSR count). The van der Waals surface area contributed by atoms with Gasteiger partial charge in [0.05, 0.1) is 45.5 Å². The van der Waals surface area contributed by atoms with Crippen molar-refractivity contribution in [2.24, 2.45) is 0 Å². The Morgan fingerprint density at radius 3 is 2.76 bits per heavy atom. The fourth-order valence-electron chi connectivity index (χ4n) is 3.05. The van der Waals surface area contributed by atoms with Gasteiger partial charge in [0.25, 0.3) is 5.91 Å². The van der Waals surface area contributed by atoms with Crippen LogP contribution in [0.1, 0.15) is 30.2 Å². The summed E-state index contributed by atoms with van der Waals surface area (Å²) in [6.07, 6.45) is 1.69. The van der Waals surface area contributed by atoms with Crippen LogP contribution in [0.2, 0.25) is 5.02 Å². The first kappa shape index (κ1) is 19.4. The largest absolute Gasteiger partial charge is 0.497 e. The van der Waals surface area contributed by atoms with Gasteiger partial charge in [0.2, 0.25) is 0 Å². The Morgan fingerprint density at radius 1 is 1.28 bits per heavy atom. The Kier molecular flexibility index (Phi) is 5.25. The van der Waals surface area contributed by atoms with Crippen LogP contribution in [-0.2, 0) is 0 Å². The summed E-state index contributed by atoms with van der Waals surface area (Å²) in [6, 6.07) is 11.0. The first-order valence-electron chi connectivity index (χ1n) is 9.05. The second-order valence-electron chi connectivity index (χ2n) is 6.75. The van der Waals surface area contributed by atoms with Crippen LogP contribution < -0.4 is 10.1 Å². The molecule has 0 spiro atoms. The maximum atomic E-state index is 13.2. The van der Waals surface area contributed by atoms with Gasteiger partial charge in [0, 0.05) is 12.1 Å². The maximum absolute atomic E-state index is 13.2. The van der Waals surface area contributed by atoms with Gasteiger partial charge in [0.1, 0.15) is 5.75 Å². The molecule has 3 heterocycles. The first-order chi connectivity index (χ1) is 14.0. The van der Waals surface area contributed by atoms with E-state index in [4.69, 9.17) is 21.3 Å². The molecular weight excluding hydrogens is 408 g/mol. The number of fused-ring (bicyclic) bond motifs is 1. The molecule has 29 heavy (non-hydrogen) atoms. The highest BCUT2D eigenvalue weighted by Gasteiger charge is 2.19. The van der Waals surface area contributed by atoms with E-state index >= 15 is 0 Å². The highest BCUT2D eigenvalue weighted by atomic mass is 35.5. The minimum Gasteiger partial charge on any atom is -0.497 e. The average molecular weight is 427 g/mol. The molecule has 0 radical (unpaired) electrons. The minimum absolute atomic E-state index is 0.116. The van der Waals surface area contributed by atoms with Gasteiger partial charge in [-0.15, -0.1) is 11.3 Å². The van der Waals surface area contributed by atoms with E-state index in [0.717, 1.165) is 10.6 Å². The Hall–Kier alpha value is -2.90. The topological polar surface area (TPSA) is 69.0 Å². The zero-order valence-electron chi connectivity index (χ0n) is 16.1. The molecule has 0 atom stereocenters. The van der Waals surface area contributed by atoms with Crippen molar-refractivity contribution in [3.8, 4) is 16.3 Å². The molecule has 148 valence electrons. The third-order valence-corrected chi connectivity index (χ3v) is 5.70. The molecule has 6 nitrogen and oxygen atoms in total. The monoisotopic (exact) mass is 426 g/mol. The normalized spacial score (nSPS) is 11.2. The van der Waals surface area contributed by atoms with Crippen LogP contribution >= 0.6 is 22.9 Å². The SMILES string of the molecule is COc1ccc(NC(=O)c2cc(-c3cccs3)nc3c2cnn3C(C)C)c(Cl)c1. The molecule has 0 aliphatic carbocycles. The van der Waals surface area contributed by atoms with E-state index in [9.17, 15) is 4.79 Å². The molecule has 4 aromatic rings. The number of anilines is 1. The van der Waals surface area contributed by atoms with Gasteiger partial charge in [-0.3, -0.25) is 4.79 Å². The zero-order chi connectivity index (χ0) is 20.5.